The van der Waals surface area contributed by atoms with Gasteiger partial charge in [-0.15, -0.1) is 106 Å². The van der Waals surface area contributed by atoms with E-state index in [-0.39, 0.29) is 50.5 Å². The molecule has 0 heterocycles. The van der Waals surface area contributed by atoms with Crippen LogP contribution in [0.5, 0.6) is 0 Å². The number of rotatable bonds is 2. The Balaban J connectivity index is -0.000000551. The normalized spacial score (nSPS) is 10.7. The first-order valence-electron chi connectivity index (χ1n) is 12.4. The Morgan fingerprint density at radius 1 is 0.579 bits per heavy atom. The summed E-state index contributed by atoms with van der Waals surface area (Å²) in [4.78, 5) is 0. The summed E-state index contributed by atoms with van der Waals surface area (Å²) < 4.78 is 0. The molecule has 212 valence electrons. The van der Waals surface area contributed by atoms with Crippen LogP contribution in [0.15, 0.2) is 60.7 Å². The van der Waals surface area contributed by atoms with Gasteiger partial charge in [0.1, 0.15) is 0 Å². The number of fused-ring (bicyclic) bond motifs is 2. The molecule has 0 aliphatic rings. The minimum atomic E-state index is 0. The molecule has 4 aromatic carbocycles. The molecule has 0 unspecified atom stereocenters. The van der Waals surface area contributed by atoms with Crippen molar-refractivity contribution in [3.63, 3.8) is 0 Å². The first kappa shape index (κ1) is 41.8. The van der Waals surface area contributed by atoms with Gasteiger partial charge in [-0.2, -0.15) is 12.1 Å². The van der Waals surface area contributed by atoms with E-state index in [0.717, 1.165) is 0 Å². The van der Waals surface area contributed by atoms with Gasteiger partial charge in [0, 0.05) is 0 Å². The van der Waals surface area contributed by atoms with Gasteiger partial charge in [0.2, 0.25) is 0 Å². The van der Waals surface area contributed by atoms with Crippen LogP contribution >= 0.6 is 24.8 Å². The molecule has 4 rings (SSSR count). The summed E-state index contributed by atoms with van der Waals surface area (Å²) in [6.07, 6.45) is 0. The second kappa shape index (κ2) is 17.2. The van der Waals surface area contributed by atoms with Gasteiger partial charge in [-0.3, -0.25) is 0 Å². The summed E-state index contributed by atoms with van der Waals surface area (Å²) >= 11 is 1.36. The van der Waals surface area contributed by atoms with Gasteiger partial charge in [-0.05, 0) is 22.7 Å². The van der Waals surface area contributed by atoms with E-state index in [0.29, 0.717) is 11.8 Å². The van der Waals surface area contributed by atoms with Crippen molar-refractivity contribution in [2.75, 3.05) is 0 Å². The van der Waals surface area contributed by atoms with Gasteiger partial charge in [-0.25, -0.2) is 0 Å². The van der Waals surface area contributed by atoms with E-state index in [2.05, 4.69) is 137 Å². The fourth-order valence-electron chi connectivity index (χ4n) is 4.06. The first-order valence-corrected chi connectivity index (χ1v) is 16.6. The van der Waals surface area contributed by atoms with Crippen LogP contribution in [0, 0.1) is 14.9 Å². The zero-order chi connectivity index (χ0) is 25.8. The summed E-state index contributed by atoms with van der Waals surface area (Å²) in [7, 11) is 0. The van der Waals surface area contributed by atoms with Crippen LogP contribution in [0.2, 0.25) is 0 Å². The Morgan fingerprint density at radius 3 is 1.11 bits per heavy atom. The average molecular weight is 649 g/mol. The third-order valence-corrected chi connectivity index (χ3v) is 6.53. The predicted molar refractivity (Wildman–Crippen MR) is 178 cm³/mol. The Hall–Kier alpha value is -0.660. The van der Waals surface area contributed by atoms with Crippen molar-refractivity contribution in [2.24, 2.45) is 0 Å². The third kappa shape index (κ3) is 11.1. The van der Waals surface area contributed by atoms with Crippen molar-refractivity contribution in [2.45, 2.75) is 91.9 Å². The van der Waals surface area contributed by atoms with Crippen molar-refractivity contribution in [1.82, 2.24) is 0 Å². The molecular formula is C34H50Cl2SiZr-4. The van der Waals surface area contributed by atoms with Gasteiger partial charge in [0.05, 0.1) is 0 Å². The molecular weight excluding hydrogens is 599 g/mol. The second-order valence-electron chi connectivity index (χ2n) is 12.1. The maximum absolute atomic E-state index is 3.06. The quantitative estimate of drug-likeness (QED) is 0.150. The van der Waals surface area contributed by atoms with Crippen LogP contribution in [-0.2, 0) is 34.2 Å². The monoisotopic (exact) mass is 646 g/mol. The van der Waals surface area contributed by atoms with Crippen molar-refractivity contribution in [1.29, 1.82) is 0 Å². The Bertz CT molecular complexity index is 1120. The van der Waals surface area contributed by atoms with Gasteiger partial charge in [0.15, 0.2) is 0 Å². The fourth-order valence-corrected chi connectivity index (χ4v) is 4.06. The topological polar surface area (TPSA) is 0 Å². The van der Waals surface area contributed by atoms with Crippen LogP contribution in [0.4, 0.5) is 0 Å². The van der Waals surface area contributed by atoms with Crippen LogP contribution < -0.4 is 0 Å². The summed E-state index contributed by atoms with van der Waals surface area (Å²) in [5.74, 6) is 1.23. The molecule has 0 fully saturated rings. The van der Waals surface area contributed by atoms with Crippen molar-refractivity contribution < 1.29 is 23.3 Å². The van der Waals surface area contributed by atoms with Gasteiger partial charge in [0.25, 0.3) is 0 Å². The maximum atomic E-state index is 3.06. The van der Waals surface area contributed by atoms with Crippen molar-refractivity contribution >= 4 is 53.2 Å². The van der Waals surface area contributed by atoms with Gasteiger partial charge in [-0.1, -0.05) is 80.4 Å². The van der Waals surface area contributed by atoms with Crippen LogP contribution in [0.25, 0.3) is 21.5 Å². The van der Waals surface area contributed by atoms with E-state index in [9.17, 15) is 0 Å². The molecule has 38 heavy (non-hydrogen) atoms. The van der Waals surface area contributed by atoms with Crippen LogP contribution in [-0.4, -0.2) is 6.88 Å². The summed E-state index contributed by atoms with van der Waals surface area (Å²) in [6, 6.07) is 23.0. The molecule has 0 saturated carbocycles. The number of hydrogen-bond donors (Lipinski definition) is 0. The number of hydrogen-bond acceptors (Lipinski definition) is 0. The molecule has 0 aromatic heterocycles. The Morgan fingerprint density at radius 2 is 0.868 bits per heavy atom. The zero-order valence-electron chi connectivity index (χ0n) is 25.7. The van der Waals surface area contributed by atoms with E-state index in [4.69, 9.17) is 0 Å². The predicted octanol–water partition coefficient (Wildman–Crippen LogP) is 11.3. The molecule has 0 amide bonds. The van der Waals surface area contributed by atoms with E-state index < -0.39 is 0 Å². The second-order valence-corrected chi connectivity index (χ2v) is 12.1. The first-order chi connectivity index (χ1) is 15.8. The molecule has 2 radical (unpaired) electrons. The van der Waals surface area contributed by atoms with Gasteiger partial charge >= 0.3 is 30.2 Å². The van der Waals surface area contributed by atoms with Crippen LogP contribution in [0.3, 0.4) is 0 Å². The molecule has 0 aliphatic carbocycles. The zero-order valence-corrected chi connectivity index (χ0v) is 30.8. The van der Waals surface area contributed by atoms with Crippen molar-refractivity contribution in [3.8, 4) is 0 Å². The fraction of sp³-hybridized carbons (Fsp3) is 0.412. The molecule has 0 bridgehead atoms. The van der Waals surface area contributed by atoms with E-state index in [1.807, 2.05) is 0 Å². The van der Waals surface area contributed by atoms with Gasteiger partial charge < -0.3 is 14.9 Å². The SMILES string of the molecule is CC(C)c1cc2cc(C(C)(C)C)ccc2[cH-]1.CC(C)c1cc2cc(C(C)(C)C)ccc2[cH-]1.Cl.Cl.[CH3-].[CH3-].[Si]=[Zr]. The molecule has 0 spiro atoms. The van der Waals surface area contributed by atoms with E-state index in [1.54, 1.807) is 0 Å². The standard InChI is InChI=1S/2C16H21.2CH3.2ClH.Si.Zr/c2*1-11(2)13-8-12-6-7-15(16(3,4)5)10-14(12)9-13;;;;;;/h2*6-11H,1-5H3;2*1H3;2*1H;;/q4*-1;;;;. The molecule has 0 saturated heterocycles. The van der Waals surface area contributed by atoms with Crippen molar-refractivity contribution in [3.05, 3.63) is 97.8 Å². The Labute approximate surface area is 264 Å². The minimum absolute atomic E-state index is 0. The number of halogens is 2. The molecule has 0 N–H and O–H groups in total. The molecule has 4 heteroatoms. The molecule has 4 aromatic rings. The molecule has 0 atom stereocenters. The van der Waals surface area contributed by atoms with E-state index >= 15 is 0 Å². The van der Waals surface area contributed by atoms with E-state index in [1.165, 1.54) is 67.1 Å². The number of benzene rings is 2. The molecule has 0 aliphatic heterocycles. The molecule has 0 nitrogen and oxygen atoms in total. The summed E-state index contributed by atoms with van der Waals surface area (Å²) in [6.45, 7) is 25.6. The third-order valence-electron chi connectivity index (χ3n) is 6.53. The van der Waals surface area contributed by atoms with Crippen LogP contribution in [0.1, 0.15) is 103 Å². The summed E-state index contributed by atoms with van der Waals surface area (Å²) in [5, 5.41) is 5.51. The Kier molecular flexibility index (Phi) is 18.9. The summed E-state index contributed by atoms with van der Waals surface area (Å²) in [5.41, 5.74) is 6.20. The average Bonchev–Trinajstić information content (AvgIpc) is 3.37.